The van der Waals surface area contributed by atoms with E-state index in [4.69, 9.17) is 0 Å². The van der Waals surface area contributed by atoms with Crippen LogP contribution < -0.4 is 10.2 Å². The third-order valence-corrected chi connectivity index (χ3v) is 2.95. The highest BCUT2D eigenvalue weighted by Gasteiger charge is 2.34. The quantitative estimate of drug-likeness (QED) is 0.815. The van der Waals surface area contributed by atoms with Crippen molar-refractivity contribution in [3.05, 3.63) is 24.0 Å². The van der Waals surface area contributed by atoms with Gasteiger partial charge in [0.15, 0.2) is 0 Å². The van der Waals surface area contributed by atoms with Crippen molar-refractivity contribution >= 4 is 17.5 Å². The van der Waals surface area contributed by atoms with Gasteiger partial charge >= 0.3 is 0 Å². The summed E-state index contributed by atoms with van der Waals surface area (Å²) in [5, 5.41) is 2.60. The van der Waals surface area contributed by atoms with Crippen LogP contribution in [0.3, 0.4) is 0 Å². The van der Waals surface area contributed by atoms with Crippen molar-refractivity contribution in [2.75, 3.05) is 11.4 Å². The summed E-state index contributed by atoms with van der Waals surface area (Å²) in [6, 6.07) is 1.40. The Labute approximate surface area is 99.8 Å². The maximum Gasteiger partial charge on any atom is 0.247 e. The second-order valence-corrected chi connectivity index (χ2v) is 4.07. The SMILES string of the molecule is CCC1C(=O)NCC(=O)N1c1cnccc1C. The fraction of sp³-hybridized carbons (Fsp3) is 0.417. The second-order valence-electron chi connectivity index (χ2n) is 4.07. The van der Waals surface area contributed by atoms with Crippen LogP contribution in [0.1, 0.15) is 18.9 Å². The number of aromatic nitrogens is 1. The molecule has 90 valence electrons. The molecule has 0 aromatic carbocycles. The van der Waals surface area contributed by atoms with E-state index in [0.717, 1.165) is 11.3 Å². The molecule has 1 aromatic rings. The van der Waals surface area contributed by atoms with Crippen LogP contribution in [0.4, 0.5) is 5.69 Å². The van der Waals surface area contributed by atoms with Gasteiger partial charge in [0.2, 0.25) is 11.8 Å². The lowest BCUT2D eigenvalue weighted by Gasteiger charge is -2.34. The highest BCUT2D eigenvalue weighted by molar-refractivity contribution is 6.06. The van der Waals surface area contributed by atoms with Crippen LogP contribution >= 0.6 is 0 Å². The van der Waals surface area contributed by atoms with E-state index < -0.39 is 6.04 Å². The minimum Gasteiger partial charge on any atom is -0.345 e. The van der Waals surface area contributed by atoms with Crippen LogP contribution in [0.15, 0.2) is 18.5 Å². The Hall–Kier alpha value is -1.91. The van der Waals surface area contributed by atoms with Gasteiger partial charge < -0.3 is 5.32 Å². The molecular weight excluding hydrogens is 218 g/mol. The highest BCUT2D eigenvalue weighted by atomic mass is 16.2. The van der Waals surface area contributed by atoms with Crippen LogP contribution in [0.25, 0.3) is 0 Å². The molecule has 0 spiro atoms. The lowest BCUT2D eigenvalue weighted by molar-refractivity contribution is -0.131. The smallest absolute Gasteiger partial charge is 0.247 e. The van der Waals surface area contributed by atoms with Crippen LogP contribution in [0, 0.1) is 6.92 Å². The molecule has 5 heteroatoms. The summed E-state index contributed by atoms with van der Waals surface area (Å²) in [6.45, 7) is 3.86. The summed E-state index contributed by atoms with van der Waals surface area (Å²) in [4.78, 5) is 29.3. The number of amides is 2. The van der Waals surface area contributed by atoms with E-state index in [-0.39, 0.29) is 18.4 Å². The van der Waals surface area contributed by atoms with E-state index >= 15 is 0 Å². The van der Waals surface area contributed by atoms with Gasteiger partial charge in [0.1, 0.15) is 6.04 Å². The van der Waals surface area contributed by atoms with E-state index in [1.165, 1.54) is 0 Å². The van der Waals surface area contributed by atoms with Crippen LogP contribution in [0.2, 0.25) is 0 Å². The molecule has 1 fully saturated rings. The second kappa shape index (κ2) is 4.53. The summed E-state index contributed by atoms with van der Waals surface area (Å²) in [6.07, 6.45) is 3.90. The number of rotatable bonds is 2. The van der Waals surface area contributed by atoms with Crippen molar-refractivity contribution in [3.8, 4) is 0 Å². The van der Waals surface area contributed by atoms with Gasteiger partial charge in [-0.3, -0.25) is 19.5 Å². The first-order chi connectivity index (χ1) is 8.15. The predicted molar refractivity (Wildman–Crippen MR) is 63.5 cm³/mol. The molecule has 2 rings (SSSR count). The van der Waals surface area contributed by atoms with Gasteiger partial charge in [0, 0.05) is 6.20 Å². The van der Waals surface area contributed by atoms with E-state index in [9.17, 15) is 9.59 Å². The molecule has 17 heavy (non-hydrogen) atoms. The Bertz CT molecular complexity index is 459. The van der Waals surface area contributed by atoms with E-state index in [1.54, 1.807) is 17.3 Å². The van der Waals surface area contributed by atoms with Gasteiger partial charge in [-0.25, -0.2) is 0 Å². The topological polar surface area (TPSA) is 62.3 Å². The first kappa shape index (κ1) is 11.6. The van der Waals surface area contributed by atoms with Crippen LogP contribution in [-0.4, -0.2) is 29.4 Å². The van der Waals surface area contributed by atoms with Crippen LogP contribution in [-0.2, 0) is 9.59 Å². The number of piperazine rings is 1. The molecule has 1 saturated heterocycles. The van der Waals surface area contributed by atoms with Crippen molar-refractivity contribution in [2.24, 2.45) is 0 Å². The summed E-state index contributed by atoms with van der Waals surface area (Å²) in [5.41, 5.74) is 1.67. The lowest BCUT2D eigenvalue weighted by atomic mass is 10.1. The molecule has 1 aliphatic heterocycles. The number of anilines is 1. The molecule has 1 N–H and O–H groups in total. The van der Waals surface area contributed by atoms with E-state index in [1.807, 2.05) is 19.9 Å². The highest BCUT2D eigenvalue weighted by Crippen LogP contribution is 2.23. The minimum atomic E-state index is -0.431. The van der Waals surface area contributed by atoms with Crippen molar-refractivity contribution < 1.29 is 9.59 Å². The van der Waals surface area contributed by atoms with E-state index in [2.05, 4.69) is 10.3 Å². The fourth-order valence-corrected chi connectivity index (χ4v) is 2.03. The maximum atomic E-state index is 11.9. The van der Waals surface area contributed by atoms with Crippen molar-refractivity contribution in [1.29, 1.82) is 0 Å². The number of carbonyl (C=O) groups is 2. The average Bonchev–Trinajstić information content (AvgIpc) is 2.33. The Morgan fingerprint density at radius 2 is 2.29 bits per heavy atom. The molecule has 1 unspecified atom stereocenters. The van der Waals surface area contributed by atoms with Crippen molar-refractivity contribution in [2.45, 2.75) is 26.3 Å². The zero-order chi connectivity index (χ0) is 12.4. The largest absolute Gasteiger partial charge is 0.345 e. The number of nitrogens with one attached hydrogen (secondary N) is 1. The Balaban J connectivity index is 2.43. The molecular formula is C12H15N3O2. The third kappa shape index (κ3) is 2.00. The van der Waals surface area contributed by atoms with Gasteiger partial charge in [0.25, 0.3) is 0 Å². The fourth-order valence-electron chi connectivity index (χ4n) is 2.03. The number of nitrogens with zero attached hydrogens (tertiary/aromatic N) is 2. The third-order valence-electron chi connectivity index (χ3n) is 2.95. The molecule has 2 heterocycles. The summed E-state index contributed by atoms with van der Waals surface area (Å²) in [7, 11) is 0. The number of carbonyl (C=O) groups excluding carboxylic acids is 2. The summed E-state index contributed by atoms with van der Waals surface area (Å²) >= 11 is 0. The van der Waals surface area contributed by atoms with Crippen LogP contribution in [0.5, 0.6) is 0 Å². The molecule has 0 radical (unpaired) electrons. The first-order valence-corrected chi connectivity index (χ1v) is 5.65. The molecule has 1 aliphatic rings. The molecule has 1 aromatic heterocycles. The molecule has 0 aliphatic carbocycles. The first-order valence-electron chi connectivity index (χ1n) is 5.65. The number of aryl methyl sites for hydroxylation is 1. The van der Waals surface area contributed by atoms with Crippen molar-refractivity contribution in [1.82, 2.24) is 10.3 Å². The molecule has 0 bridgehead atoms. The molecule has 2 amide bonds. The van der Waals surface area contributed by atoms with Gasteiger partial charge in [-0.05, 0) is 25.0 Å². The van der Waals surface area contributed by atoms with Crippen molar-refractivity contribution in [3.63, 3.8) is 0 Å². The monoisotopic (exact) mass is 233 g/mol. The molecule has 5 nitrogen and oxygen atoms in total. The lowest BCUT2D eigenvalue weighted by Crippen LogP contribution is -2.58. The number of pyridine rings is 1. The van der Waals surface area contributed by atoms with Gasteiger partial charge in [-0.15, -0.1) is 0 Å². The average molecular weight is 233 g/mol. The Morgan fingerprint density at radius 3 is 2.94 bits per heavy atom. The van der Waals surface area contributed by atoms with Gasteiger partial charge in [0.05, 0.1) is 18.4 Å². The Morgan fingerprint density at radius 1 is 1.53 bits per heavy atom. The molecule has 1 atom stereocenters. The van der Waals surface area contributed by atoms with E-state index in [0.29, 0.717) is 6.42 Å². The van der Waals surface area contributed by atoms with Gasteiger partial charge in [-0.1, -0.05) is 6.92 Å². The predicted octanol–water partition coefficient (Wildman–Crippen LogP) is 0.631. The number of hydrogen-bond donors (Lipinski definition) is 1. The zero-order valence-corrected chi connectivity index (χ0v) is 9.93. The normalized spacial score (nSPS) is 20.4. The minimum absolute atomic E-state index is 0.0592. The summed E-state index contributed by atoms with van der Waals surface area (Å²) < 4.78 is 0. The standard InChI is InChI=1S/C12H15N3O2/c1-3-9-12(17)14-7-11(16)15(9)10-6-13-5-4-8(10)2/h4-6,9H,3,7H2,1-2H3,(H,14,17). The number of hydrogen-bond acceptors (Lipinski definition) is 3. The maximum absolute atomic E-state index is 11.9. The van der Waals surface area contributed by atoms with Gasteiger partial charge in [-0.2, -0.15) is 0 Å². The Kier molecular flexibility index (Phi) is 3.08. The summed E-state index contributed by atoms with van der Waals surface area (Å²) in [5.74, 6) is -0.192. The molecule has 0 saturated carbocycles. The zero-order valence-electron chi connectivity index (χ0n) is 9.93.